The largest absolute Gasteiger partial charge is 0.487 e. The quantitative estimate of drug-likeness (QED) is 0.740. The molecule has 0 aromatic heterocycles. The molecule has 0 spiro atoms. The van der Waals surface area contributed by atoms with Gasteiger partial charge in [0.15, 0.2) is 0 Å². The average molecular weight is 267 g/mol. The Hall–Kier alpha value is -0.760. The van der Waals surface area contributed by atoms with Crippen LogP contribution in [-0.2, 0) is 6.42 Å². The summed E-state index contributed by atoms with van der Waals surface area (Å²) in [6, 6.07) is 6.34. The lowest BCUT2D eigenvalue weighted by Gasteiger charge is -2.17. The number of fused-ring (bicyclic) bond motifs is 1. The lowest BCUT2D eigenvalue weighted by atomic mass is 10.0. The van der Waals surface area contributed by atoms with E-state index in [0.29, 0.717) is 0 Å². The highest BCUT2D eigenvalue weighted by atomic mass is 79.9. The molecule has 1 aliphatic rings. The number of halogens is 1. The molecule has 0 atom stereocenters. The minimum absolute atomic E-state index is 0.0549. The van der Waals surface area contributed by atoms with Crippen molar-refractivity contribution in [2.24, 2.45) is 0 Å². The predicted molar refractivity (Wildman–Crippen MR) is 67.7 cm³/mol. The smallest absolute Gasteiger partial charge is 0.130 e. The van der Waals surface area contributed by atoms with Gasteiger partial charge in [0.05, 0.1) is 0 Å². The number of hydrogen-bond acceptors (Lipinski definition) is 1. The molecule has 0 aliphatic carbocycles. The average Bonchev–Trinajstić information content (AvgIpc) is 2.49. The summed E-state index contributed by atoms with van der Waals surface area (Å²) in [5, 5.41) is 0.875. The minimum Gasteiger partial charge on any atom is -0.487 e. The van der Waals surface area contributed by atoms with Gasteiger partial charge in [0.1, 0.15) is 11.4 Å². The molecule has 0 amide bonds. The van der Waals surface area contributed by atoms with Crippen LogP contribution in [0, 0.1) is 0 Å². The van der Waals surface area contributed by atoms with Gasteiger partial charge in [-0.3, -0.25) is 0 Å². The van der Waals surface area contributed by atoms with E-state index in [1.165, 1.54) is 11.1 Å². The summed E-state index contributed by atoms with van der Waals surface area (Å²) in [6.45, 7) is 4.26. The zero-order valence-electron chi connectivity index (χ0n) is 9.09. The SMILES string of the molecule is CC1(C)Cc2cccc(C=CCBr)c2O1. The van der Waals surface area contributed by atoms with Crippen molar-refractivity contribution in [1.29, 1.82) is 0 Å². The highest BCUT2D eigenvalue weighted by molar-refractivity contribution is 9.09. The molecule has 1 aliphatic heterocycles. The van der Waals surface area contributed by atoms with Gasteiger partial charge in [-0.05, 0) is 19.4 Å². The third kappa shape index (κ3) is 2.25. The molecule has 1 nitrogen and oxygen atoms in total. The number of alkyl halides is 1. The summed E-state index contributed by atoms with van der Waals surface area (Å²) in [5.74, 6) is 1.06. The van der Waals surface area contributed by atoms with Gasteiger partial charge >= 0.3 is 0 Å². The Morgan fingerprint density at radius 3 is 3.00 bits per heavy atom. The predicted octanol–water partition coefficient (Wildman–Crippen LogP) is 3.81. The fourth-order valence-electron chi connectivity index (χ4n) is 1.94. The first-order valence-corrected chi connectivity index (χ1v) is 6.28. The highest BCUT2D eigenvalue weighted by Gasteiger charge is 2.30. The molecule has 15 heavy (non-hydrogen) atoms. The van der Waals surface area contributed by atoms with Crippen molar-refractivity contribution in [3.63, 3.8) is 0 Å². The second-order valence-electron chi connectivity index (χ2n) is 4.43. The van der Waals surface area contributed by atoms with E-state index in [1.807, 2.05) is 0 Å². The molecule has 1 heterocycles. The van der Waals surface area contributed by atoms with Gasteiger partial charge in [-0.2, -0.15) is 0 Å². The second kappa shape index (κ2) is 4.01. The van der Waals surface area contributed by atoms with Crippen molar-refractivity contribution in [3.05, 3.63) is 35.4 Å². The molecule has 0 unspecified atom stereocenters. The van der Waals surface area contributed by atoms with Crippen LogP contribution in [0.4, 0.5) is 0 Å². The zero-order valence-corrected chi connectivity index (χ0v) is 10.7. The lowest BCUT2D eigenvalue weighted by Crippen LogP contribution is -2.24. The zero-order chi connectivity index (χ0) is 10.9. The van der Waals surface area contributed by atoms with Crippen molar-refractivity contribution in [2.45, 2.75) is 25.9 Å². The van der Waals surface area contributed by atoms with Gasteiger partial charge in [0, 0.05) is 17.3 Å². The summed E-state index contributed by atoms with van der Waals surface area (Å²) in [6.07, 6.45) is 5.19. The van der Waals surface area contributed by atoms with Crippen molar-refractivity contribution in [1.82, 2.24) is 0 Å². The summed E-state index contributed by atoms with van der Waals surface area (Å²) >= 11 is 3.38. The number of para-hydroxylation sites is 1. The van der Waals surface area contributed by atoms with Gasteiger partial charge in [0.25, 0.3) is 0 Å². The standard InChI is InChI=1S/C13H15BrO/c1-13(2)9-11-6-3-5-10(7-4-8-14)12(11)15-13/h3-7H,8-9H2,1-2H3. The van der Waals surface area contributed by atoms with Crippen LogP contribution in [0.1, 0.15) is 25.0 Å². The molecule has 0 saturated heterocycles. The van der Waals surface area contributed by atoms with Crippen LogP contribution >= 0.6 is 15.9 Å². The molecule has 80 valence electrons. The van der Waals surface area contributed by atoms with Crippen LogP contribution in [0.25, 0.3) is 6.08 Å². The number of allylic oxidation sites excluding steroid dienone is 1. The summed E-state index contributed by atoms with van der Waals surface area (Å²) < 4.78 is 5.96. The van der Waals surface area contributed by atoms with Gasteiger partial charge in [-0.15, -0.1) is 0 Å². The van der Waals surface area contributed by atoms with E-state index in [4.69, 9.17) is 4.74 Å². The van der Waals surface area contributed by atoms with Crippen molar-refractivity contribution in [3.8, 4) is 5.75 Å². The maximum atomic E-state index is 5.96. The number of benzene rings is 1. The Kier molecular flexibility index (Phi) is 2.87. The Balaban J connectivity index is 2.37. The van der Waals surface area contributed by atoms with Gasteiger partial charge in [-0.1, -0.05) is 46.3 Å². The normalized spacial score (nSPS) is 17.8. The lowest BCUT2D eigenvalue weighted by molar-refractivity contribution is 0.138. The Morgan fingerprint density at radius 2 is 2.27 bits per heavy atom. The highest BCUT2D eigenvalue weighted by Crippen LogP contribution is 2.37. The minimum atomic E-state index is -0.0549. The van der Waals surface area contributed by atoms with Crippen LogP contribution < -0.4 is 4.74 Å². The first-order chi connectivity index (χ1) is 7.12. The van der Waals surface area contributed by atoms with Crippen LogP contribution in [0.15, 0.2) is 24.3 Å². The van der Waals surface area contributed by atoms with Gasteiger partial charge in [-0.25, -0.2) is 0 Å². The van der Waals surface area contributed by atoms with Crippen LogP contribution in [0.2, 0.25) is 0 Å². The first-order valence-electron chi connectivity index (χ1n) is 5.16. The van der Waals surface area contributed by atoms with E-state index in [1.54, 1.807) is 0 Å². The fraction of sp³-hybridized carbons (Fsp3) is 0.385. The van der Waals surface area contributed by atoms with Crippen molar-refractivity contribution in [2.75, 3.05) is 5.33 Å². The van der Waals surface area contributed by atoms with E-state index in [0.717, 1.165) is 17.5 Å². The van der Waals surface area contributed by atoms with Crippen LogP contribution in [-0.4, -0.2) is 10.9 Å². The maximum Gasteiger partial charge on any atom is 0.130 e. The van der Waals surface area contributed by atoms with Crippen LogP contribution in [0.3, 0.4) is 0 Å². The molecule has 0 radical (unpaired) electrons. The molecular formula is C13H15BrO. The summed E-state index contributed by atoms with van der Waals surface area (Å²) in [5.41, 5.74) is 2.44. The molecule has 1 aromatic carbocycles. The van der Waals surface area contributed by atoms with E-state index in [2.05, 4.69) is 60.1 Å². The molecule has 0 bridgehead atoms. The van der Waals surface area contributed by atoms with E-state index < -0.39 is 0 Å². The maximum absolute atomic E-state index is 5.96. The first kappa shape index (κ1) is 10.7. The molecule has 1 aromatic rings. The third-order valence-corrected chi connectivity index (χ3v) is 2.88. The molecule has 0 fully saturated rings. The summed E-state index contributed by atoms with van der Waals surface area (Å²) in [7, 11) is 0. The van der Waals surface area contributed by atoms with E-state index in [-0.39, 0.29) is 5.60 Å². The van der Waals surface area contributed by atoms with Gasteiger partial charge < -0.3 is 4.74 Å². The topological polar surface area (TPSA) is 9.23 Å². The fourth-order valence-corrected chi connectivity index (χ4v) is 2.13. The van der Waals surface area contributed by atoms with E-state index in [9.17, 15) is 0 Å². The van der Waals surface area contributed by atoms with Gasteiger partial charge in [0.2, 0.25) is 0 Å². The third-order valence-electron chi connectivity index (χ3n) is 2.51. The monoisotopic (exact) mass is 266 g/mol. The van der Waals surface area contributed by atoms with E-state index >= 15 is 0 Å². The number of hydrogen-bond donors (Lipinski definition) is 0. The number of ether oxygens (including phenoxy) is 1. The molecule has 0 saturated carbocycles. The Bertz CT molecular complexity index is 394. The molecule has 0 N–H and O–H groups in total. The number of rotatable bonds is 2. The molecule has 2 heteroatoms. The van der Waals surface area contributed by atoms with Crippen molar-refractivity contribution >= 4 is 22.0 Å². The molecular weight excluding hydrogens is 252 g/mol. The Labute approximate surface area is 99.3 Å². The molecule has 2 rings (SSSR count). The Morgan fingerprint density at radius 1 is 1.47 bits per heavy atom. The van der Waals surface area contributed by atoms with Crippen molar-refractivity contribution < 1.29 is 4.74 Å². The second-order valence-corrected chi connectivity index (χ2v) is 5.08. The summed E-state index contributed by atoms with van der Waals surface area (Å²) in [4.78, 5) is 0. The van der Waals surface area contributed by atoms with Crippen LogP contribution in [0.5, 0.6) is 5.75 Å².